The van der Waals surface area contributed by atoms with Crippen LogP contribution in [0.4, 0.5) is 0 Å². The fraction of sp³-hybridized carbons (Fsp3) is 0.625. The molecule has 0 aliphatic heterocycles. The van der Waals surface area contributed by atoms with Gasteiger partial charge in [-0.2, -0.15) is 0 Å². The fourth-order valence-corrected chi connectivity index (χ4v) is 3.01. The van der Waals surface area contributed by atoms with Crippen molar-refractivity contribution in [3.63, 3.8) is 0 Å². The highest BCUT2D eigenvalue weighted by Gasteiger charge is 2.23. The van der Waals surface area contributed by atoms with Gasteiger partial charge in [-0.15, -0.1) is 0 Å². The van der Waals surface area contributed by atoms with Crippen LogP contribution in [0.15, 0.2) is 18.3 Å². The Balaban J connectivity index is 2.09. The molecule has 1 heterocycles. The summed E-state index contributed by atoms with van der Waals surface area (Å²) in [7, 11) is 0. The number of carboxylic acids is 1. The van der Waals surface area contributed by atoms with Crippen molar-refractivity contribution in [3.05, 3.63) is 29.6 Å². The van der Waals surface area contributed by atoms with Crippen LogP contribution in [0.5, 0.6) is 0 Å². The Morgan fingerprint density at radius 2 is 2.15 bits per heavy atom. The number of nitrogens with zero attached hydrogens (tertiary/aromatic N) is 2. The number of hydrogen-bond donors (Lipinski definition) is 1. The minimum Gasteiger partial charge on any atom is -0.477 e. The van der Waals surface area contributed by atoms with Gasteiger partial charge in [0.25, 0.3) is 0 Å². The average Bonchev–Trinajstić information content (AvgIpc) is 2.91. The van der Waals surface area contributed by atoms with E-state index in [2.05, 4.69) is 23.7 Å². The van der Waals surface area contributed by atoms with E-state index in [4.69, 9.17) is 5.11 Å². The zero-order valence-electron chi connectivity index (χ0n) is 12.4. The normalized spacial score (nSPS) is 16.2. The minimum absolute atomic E-state index is 0.137. The summed E-state index contributed by atoms with van der Waals surface area (Å²) < 4.78 is 0. The lowest BCUT2D eigenvalue weighted by Gasteiger charge is -2.30. The van der Waals surface area contributed by atoms with E-state index in [1.807, 2.05) is 6.07 Å². The molecule has 0 radical (unpaired) electrons. The summed E-state index contributed by atoms with van der Waals surface area (Å²) in [6, 6.07) is 4.28. The van der Waals surface area contributed by atoms with Crippen LogP contribution in [0.25, 0.3) is 0 Å². The average molecular weight is 276 g/mol. The molecule has 110 valence electrons. The van der Waals surface area contributed by atoms with Crippen LogP contribution >= 0.6 is 0 Å². The third kappa shape index (κ3) is 4.04. The quantitative estimate of drug-likeness (QED) is 0.867. The molecule has 1 fully saturated rings. The number of rotatable bonds is 6. The van der Waals surface area contributed by atoms with E-state index in [-0.39, 0.29) is 5.69 Å². The first-order chi connectivity index (χ1) is 9.56. The van der Waals surface area contributed by atoms with Crippen molar-refractivity contribution in [2.24, 2.45) is 5.92 Å². The Morgan fingerprint density at radius 3 is 2.75 bits per heavy atom. The molecule has 0 bridgehead atoms. The van der Waals surface area contributed by atoms with Crippen LogP contribution in [-0.2, 0) is 6.54 Å². The lowest BCUT2D eigenvalue weighted by molar-refractivity contribution is 0.0690. The molecule has 20 heavy (non-hydrogen) atoms. The maximum Gasteiger partial charge on any atom is 0.354 e. The molecule has 0 saturated heterocycles. The van der Waals surface area contributed by atoms with Crippen molar-refractivity contribution < 1.29 is 9.90 Å². The van der Waals surface area contributed by atoms with Crippen LogP contribution in [0.1, 0.15) is 55.6 Å². The number of aromatic nitrogens is 1. The maximum atomic E-state index is 11.0. The zero-order chi connectivity index (χ0) is 14.5. The number of pyridine rings is 1. The van der Waals surface area contributed by atoms with E-state index in [0.29, 0.717) is 12.0 Å². The number of hydrogen-bond acceptors (Lipinski definition) is 3. The number of aromatic carboxylic acids is 1. The molecule has 1 N–H and O–H groups in total. The van der Waals surface area contributed by atoms with E-state index >= 15 is 0 Å². The first-order valence-electron chi connectivity index (χ1n) is 7.48. The maximum absolute atomic E-state index is 11.0. The second kappa shape index (κ2) is 6.84. The molecule has 0 spiro atoms. The van der Waals surface area contributed by atoms with Crippen molar-refractivity contribution in [3.8, 4) is 0 Å². The molecule has 1 aliphatic carbocycles. The van der Waals surface area contributed by atoms with Gasteiger partial charge in [-0.05, 0) is 36.5 Å². The van der Waals surface area contributed by atoms with Gasteiger partial charge in [0.15, 0.2) is 0 Å². The fourth-order valence-electron chi connectivity index (χ4n) is 3.01. The summed E-state index contributed by atoms with van der Waals surface area (Å²) in [5.41, 5.74) is 1.18. The van der Waals surface area contributed by atoms with Gasteiger partial charge < -0.3 is 5.11 Å². The van der Waals surface area contributed by atoms with Crippen molar-refractivity contribution in [1.82, 2.24) is 9.88 Å². The Kier molecular flexibility index (Phi) is 5.12. The molecule has 1 saturated carbocycles. The van der Waals surface area contributed by atoms with Crippen LogP contribution < -0.4 is 0 Å². The molecule has 1 aromatic heterocycles. The van der Waals surface area contributed by atoms with E-state index in [9.17, 15) is 4.79 Å². The van der Waals surface area contributed by atoms with Gasteiger partial charge in [-0.1, -0.05) is 26.7 Å². The third-order valence-electron chi connectivity index (χ3n) is 3.87. The van der Waals surface area contributed by atoms with Gasteiger partial charge in [0.1, 0.15) is 5.69 Å². The predicted octanol–water partition coefficient (Wildman–Crippen LogP) is 3.18. The Labute approximate surface area is 120 Å². The van der Waals surface area contributed by atoms with Crippen molar-refractivity contribution in [1.29, 1.82) is 0 Å². The molecule has 1 aliphatic rings. The monoisotopic (exact) mass is 276 g/mol. The highest BCUT2D eigenvalue weighted by atomic mass is 16.4. The highest BCUT2D eigenvalue weighted by Crippen LogP contribution is 2.25. The molecule has 0 unspecified atom stereocenters. The first-order valence-corrected chi connectivity index (χ1v) is 7.48. The van der Waals surface area contributed by atoms with Crippen molar-refractivity contribution >= 4 is 5.97 Å². The Morgan fingerprint density at radius 1 is 1.45 bits per heavy atom. The molecule has 4 heteroatoms. The summed E-state index contributed by atoms with van der Waals surface area (Å²) in [5.74, 6) is -0.334. The van der Waals surface area contributed by atoms with Crippen LogP contribution in [-0.4, -0.2) is 33.5 Å². The summed E-state index contributed by atoms with van der Waals surface area (Å²) in [6.45, 7) is 6.36. The van der Waals surface area contributed by atoms with Crippen molar-refractivity contribution in [2.75, 3.05) is 6.54 Å². The molecule has 0 aromatic carbocycles. The second-order valence-electron chi connectivity index (χ2n) is 6.12. The van der Waals surface area contributed by atoms with Crippen LogP contribution in [0.2, 0.25) is 0 Å². The number of carboxylic acid groups (broad SMARTS) is 1. The van der Waals surface area contributed by atoms with Crippen molar-refractivity contribution in [2.45, 2.75) is 52.1 Å². The number of carbonyl (C=O) groups is 1. The largest absolute Gasteiger partial charge is 0.477 e. The molecule has 0 atom stereocenters. The van der Waals surface area contributed by atoms with Gasteiger partial charge >= 0.3 is 5.97 Å². The van der Waals surface area contributed by atoms with Crippen LogP contribution in [0.3, 0.4) is 0 Å². The van der Waals surface area contributed by atoms with Gasteiger partial charge in [-0.25, -0.2) is 9.78 Å². The Hall–Kier alpha value is -1.42. The predicted molar refractivity (Wildman–Crippen MR) is 78.7 cm³/mol. The molecule has 1 aromatic rings. The topological polar surface area (TPSA) is 53.4 Å². The summed E-state index contributed by atoms with van der Waals surface area (Å²) >= 11 is 0. The molecular weight excluding hydrogens is 252 g/mol. The van der Waals surface area contributed by atoms with Gasteiger partial charge in [0.2, 0.25) is 0 Å². The van der Waals surface area contributed by atoms with Gasteiger partial charge in [0, 0.05) is 25.3 Å². The van der Waals surface area contributed by atoms with Gasteiger partial charge in [0.05, 0.1) is 0 Å². The van der Waals surface area contributed by atoms with E-state index in [1.54, 1.807) is 12.3 Å². The molecule has 2 rings (SSSR count). The minimum atomic E-state index is -0.955. The Bertz CT molecular complexity index is 454. The highest BCUT2D eigenvalue weighted by molar-refractivity contribution is 5.85. The van der Waals surface area contributed by atoms with E-state index in [0.717, 1.165) is 18.7 Å². The van der Waals surface area contributed by atoms with Crippen LogP contribution in [0, 0.1) is 5.92 Å². The lowest BCUT2D eigenvalue weighted by Crippen LogP contribution is -2.35. The zero-order valence-corrected chi connectivity index (χ0v) is 12.4. The summed E-state index contributed by atoms with van der Waals surface area (Å²) in [6.07, 6.45) is 6.76. The van der Waals surface area contributed by atoms with E-state index < -0.39 is 5.97 Å². The van der Waals surface area contributed by atoms with Gasteiger partial charge in [-0.3, -0.25) is 4.90 Å². The SMILES string of the molecule is CC(C)CN(Cc1ccnc(C(=O)O)c1)C1CCCC1. The summed E-state index contributed by atoms with van der Waals surface area (Å²) in [4.78, 5) is 17.4. The standard InChI is InChI=1S/C16H24N2O2/c1-12(2)10-18(14-5-3-4-6-14)11-13-7-8-17-15(9-13)16(19)20/h7-9,12,14H,3-6,10-11H2,1-2H3,(H,19,20). The molecule has 0 amide bonds. The first kappa shape index (κ1) is 15.0. The van der Waals surface area contributed by atoms with E-state index in [1.165, 1.54) is 25.7 Å². The molecule has 4 nitrogen and oxygen atoms in total. The smallest absolute Gasteiger partial charge is 0.354 e. The molecular formula is C16H24N2O2. The lowest BCUT2D eigenvalue weighted by atomic mass is 10.1. The third-order valence-corrected chi connectivity index (χ3v) is 3.87. The second-order valence-corrected chi connectivity index (χ2v) is 6.12. The summed E-state index contributed by atoms with van der Waals surface area (Å²) in [5, 5.41) is 9.02.